The minimum absolute atomic E-state index is 0.0344. The molecule has 2 aliphatic rings. The van der Waals surface area contributed by atoms with E-state index in [-0.39, 0.29) is 37.6 Å². The fraction of sp³-hybridized carbons (Fsp3) is 0.611. The number of carbonyl (C=O) groups excluding carboxylic acids is 8. The van der Waals surface area contributed by atoms with Gasteiger partial charge < -0.3 is 47.6 Å². The molecule has 0 saturated carbocycles. The van der Waals surface area contributed by atoms with Gasteiger partial charge in [0.15, 0.2) is 0 Å². The molecule has 2 unspecified atom stereocenters. The molecule has 2 aliphatic heterocycles. The van der Waals surface area contributed by atoms with Crippen molar-refractivity contribution in [2.45, 2.75) is 115 Å². The molecule has 17 nitrogen and oxygen atoms in total. The van der Waals surface area contributed by atoms with E-state index >= 15 is 0 Å². The van der Waals surface area contributed by atoms with Gasteiger partial charge in [-0.2, -0.15) is 0 Å². The summed E-state index contributed by atoms with van der Waals surface area (Å²) in [6.07, 6.45) is 0.638. The molecule has 2 heterocycles. The maximum Gasteiger partial charge on any atom is 0.246 e. The van der Waals surface area contributed by atoms with Crippen molar-refractivity contribution < 1.29 is 43.5 Å². The predicted molar refractivity (Wildman–Crippen MR) is 192 cm³/mol. The van der Waals surface area contributed by atoms with Crippen LogP contribution in [0.3, 0.4) is 0 Å². The number of nitrogens with one attached hydrogen (secondary N) is 6. The summed E-state index contributed by atoms with van der Waals surface area (Å²) >= 11 is 0. The maximum absolute atomic E-state index is 14.1. The molecule has 1 aromatic carbocycles. The fourth-order valence-corrected chi connectivity index (χ4v) is 6.27. The summed E-state index contributed by atoms with van der Waals surface area (Å²) in [5, 5.41) is 25.4. The van der Waals surface area contributed by atoms with Gasteiger partial charge in [-0.05, 0) is 43.6 Å². The summed E-state index contributed by atoms with van der Waals surface area (Å²) in [5.74, 6) is -6.85. The van der Waals surface area contributed by atoms with Gasteiger partial charge >= 0.3 is 0 Å². The zero-order chi connectivity index (χ0) is 39.4. The molecular formula is C36H54N8O9. The van der Waals surface area contributed by atoms with Crippen molar-refractivity contribution in [2.75, 3.05) is 13.2 Å². The molecule has 3 rings (SSSR count). The molecular weight excluding hydrogens is 688 g/mol. The zero-order valence-corrected chi connectivity index (χ0v) is 31.0. The van der Waals surface area contributed by atoms with E-state index in [9.17, 15) is 43.5 Å². The normalized spacial score (nSPS) is 27.6. The van der Waals surface area contributed by atoms with Crippen LogP contribution < -0.4 is 37.6 Å². The first-order valence-corrected chi connectivity index (χ1v) is 18.1. The summed E-state index contributed by atoms with van der Waals surface area (Å²) in [7, 11) is 0. The van der Waals surface area contributed by atoms with Gasteiger partial charge in [0.2, 0.25) is 47.3 Å². The van der Waals surface area contributed by atoms with Crippen LogP contribution in [0.15, 0.2) is 30.3 Å². The van der Waals surface area contributed by atoms with E-state index in [0.29, 0.717) is 18.4 Å². The lowest BCUT2D eigenvalue weighted by atomic mass is 9.96. The quantitative estimate of drug-likeness (QED) is 0.141. The molecule has 0 aliphatic carbocycles. The second-order valence-electron chi connectivity index (χ2n) is 14.2. The van der Waals surface area contributed by atoms with Crippen molar-refractivity contribution in [1.29, 1.82) is 0 Å². The molecule has 0 bridgehead atoms. The van der Waals surface area contributed by atoms with Crippen LogP contribution in [0.5, 0.6) is 0 Å². The lowest BCUT2D eigenvalue weighted by Gasteiger charge is -2.32. The van der Waals surface area contributed by atoms with Crippen molar-refractivity contribution in [3.05, 3.63) is 35.9 Å². The van der Waals surface area contributed by atoms with Crippen LogP contribution in [0.2, 0.25) is 0 Å². The smallest absolute Gasteiger partial charge is 0.246 e. The lowest BCUT2D eigenvalue weighted by Crippen LogP contribution is -2.60. The van der Waals surface area contributed by atoms with Crippen molar-refractivity contribution in [1.82, 2.24) is 36.8 Å². The maximum atomic E-state index is 14.1. The minimum Gasteiger partial charge on any atom is -0.394 e. The van der Waals surface area contributed by atoms with E-state index in [1.165, 1.54) is 11.8 Å². The molecule has 9 N–H and O–H groups in total. The number of rotatable bonds is 9. The Balaban J connectivity index is 2.08. The van der Waals surface area contributed by atoms with Crippen molar-refractivity contribution in [3.63, 3.8) is 0 Å². The highest BCUT2D eigenvalue weighted by atomic mass is 16.3. The topological polar surface area (TPSA) is 258 Å². The largest absolute Gasteiger partial charge is 0.394 e. The number of hydrogen-bond donors (Lipinski definition) is 8. The molecule has 8 amide bonds. The monoisotopic (exact) mass is 742 g/mol. The van der Waals surface area contributed by atoms with Crippen LogP contribution in [0.25, 0.3) is 0 Å². The van der Waals surface area contributed by atoms with Crippen molar-refractivity contribution in [2.24, 2.45) is 17.6 Å². The van der Waals surface area contributed by atoms with Gasteiger partial charge in [0, 0.05) is 13.0 Å². The van der Waals surface area contributed by atoms with Gasteiger partial charge in [-0.15, -0.1) is 0 Å². The number of aliphatic hydroxyl groups is 1. The first-order chi connectivity index (χ1) is 25.1. The van der Waals surface area contributed by atoms with Crippen molar-refractivity contribution >= 4 is 47.3 Å². The Labute approximate surface area is 309 Å². The summed E-state index contributed by atoms with van der Waals surface area (Å²) in [6, 6.07) is -0.237. The van der Waals surface area contributed by atoms with E-state index < -0.39 is 103 Å². The Kier molecular flexibility index (Phi) is 15.7. The molecule has 17 heteroatoms. The van der Waals surface area contributed by atoms with Crippen LogP contribution in [0, 0.1) is 11.8 Å². The summed E-state index contributed by atoms with van der Waals surface area (Å²) in [4.78, 5) is 109. The van der Waals surface area contributed by atoms with Crippen LogP contribution in [-0.4, -0.2) is 113 Å². The molecule has 292 valence electrons. The minimum atomic E-state index is -1.63. The summed E-state index contributed by atoms with van der Waals surface area (Å²) < 4.78 is 0. The van der Waals surface area contributed by atoms with Crippen molar-refractivity contribution in [3.8, 4) is 0 Å². The van der Waals surface area contributed by atoms with Gasteiger partial charge in [0.1, 0.15) is 42.3 Å². The number of fused-ring (bicyclic) bond motifs is 1. The van der Waals surface area contributed by atoms with Crippen LogP contribution in [0.4, 0.5) is 0 Å². The Hall–Kier alpha value is -5.06. The highest BCUT2D eigenvalue weighted by Crippen LogP contribution is 2.22. The first-order valence-electron chi connectivity index (χ1n) is 18.1. The number of benzene rings is 1. The summed E-state index contributed by atoms with van der Waals surface area (Å²) in [6.45, 7) is 7.95. The van der Waals surface area contributed by atoms with Crippen LogP contribution in [-0.2, 0) is 44.8 Å². The Morgan fingerprint density at radius 1 is 0.792 bits per heavy atom. The lowest BCUT2D eigenvalue weighted by molar-refractivity contribution is -0.143. The number of aliphatic hydroxyl groups excluding tert-OH is 1. The van der Waals surface area contributed by atoms with Gasteiger partial charge in [0.05, 0.1) is 13.0 Å². The second-order valence-corrected chi connectivity index (χ2v) is 14.2. The van der Waals surface area contributed by atoms with E-state index in [1.807, 2.05) is 6.92 Å². The number of nitrogens with two attached hydrogens (primary N) is 1. The number of primary amides is 1. The van der Waals surface area contributed by atoms with E-state index in [0.717, 1.165) is 0 Å². The van der Waals surface area contributed by atoms with E-state index in [1.54, 1.807) is 51.1 Å². The zero-order valence-electron chi connectivity index (χ0n) is 31.0. The Bertz CT molecular complexity index is 1510. The van der Waals surface area contributed by atoms with Gasteiger partial charge in [-0.1, -0.05) is 64.4 Å². The number of carbonyl (C=O) groups is 8. The van der Waals surface area contributed by atoms with Crippen LogP contribution in [0.1, 0.15) is 72.3 Å². The third-order valence-corrected chi connectivity index (χ3v) is 9.48. The predicted octanol–water partition coefficient (Wildman–Crippen LogP) is -1.88. The standard InChI is InChI=1S/C36H54N8O9/c1-6-20(4)29-36(53)44-14-10-13-27(44)35(52)41-24(16-22-11-8-7-9-12-22)32(49)40-25(17-28(37)46)33(50)42-26(18-45)34(51)39-23(15-19(2)3)31(48)38-21(5)30(47)43-29/h7-9,11-12,19-21,23-27,29,45H,6,10,13-18H2,1-5H3,(H2,37,46)(H,38,48)(H,39,51)(H,40,49)(H,41,52)(H,42,50)(H,43,47)/t20-,21-,23-,24-,25?,26+,27?,29-/m0/s1. The molecule has 2 saturated heterocycles. The Morgan fingerprint density at radius 3 is 1.96 bits per heavy atom. The average molecular weight is 743 g/mol. The third kappa shape index (κ3) is 12.0. The van der Waals surface area contributed by atoms with Crippen LogP contribution >= 0.6 is 0 Å². The molecule has 2 fully saturated rings. The molecule has 53 heavy (non-hydrogen) atoms. The molecule has 1 aromatic rings. The van der Waals surface area contributed by atoms with Gasteiger partial charge in [0.25, 0.3) is 0 Å². The molecule has 0 radical (unpaired) electrons. The van der Waals surface area contributed by atoms with E-state index in [2.05, 4.69) is 31.9 Å². The Morgan fingerprint density at radius 2 is 1.36 bits per heavy atom. The molecule has 8 atom stereocenters. The molecule has 0 aromatic heterocycles. The number of hydrogen-bond acceptors (Lipinski definition) is 9. The molecule has 0 spiro atoms. The third-order valence-electron chi connectivity index (χ3n) is 9.48. The summed E-state index contributed by atoms with van der Waals surface area (Å²) in [5.41, 5.74) is 6.06. The highest BCUT2D eigenvalue weighted by Gasteiger charge is 2.41. The van der Waals surface area contributed by atoms with Gasteiger partial charge in [-0.3, -0.25) is 38.4 Å². The highest BCUT2D eigenvalue weighted by molar-refractivity contribution is 5.99. The average Bonchev–Trinajstić information content (AvgIpc) is 3.61. The first kappa shape index (κ1) is 42.4. The van der Waals surface area contributed by atoms with Gasteiger partial charge in [-0.25, -0.2) is 0 Å². The number of nitrogens with zero attached hydrogens (tertiary/aromatic N) is 1. The number of amides is 8. The fourth-order valence-electron chi connectivity index (χ4n) is 6.27. The van der Waals surface area contributed by atoms with E-state index in [4.69, 9.17) is 5.73 Å². The SMILES string of the molecule is CC[C@H](C)[C@@H]1NC(=O)[C@H](C)NC(=O)[C@H](CC(C)C)NC(=O)[C@@H](CO)NC(=O)C(CC(N)=O)NC(=O)[C@H](Cc2ccccc2)NC(=O)C2CCCN2C1=O. The second kappa shape index (κ2) is 19.7.